The third-order valence-corrected chi connectivity index (χ3v) is 9.06. The Kier molecular flexibility index (Phi) is 6.26. The van der Waals surface area contributed by atoms with Gasteiger partial charge in [-0.1, -0.05) is 84.9 Å². The topological polar surface area (TPSA) is 142 Å². The highest BCUT2D eigenvalue weighted by atomic mass is 16.6. The molecule has 0 saturated carbocycles. The quantitative estimate of drug-likeness (QED) is 0.149. The van der Waals surface area contributed by atoms with Crippen LogP contribution in [0.25, 0.3) is 0 Å². The van der Waals surface area contributed by atoms with Gasteiger partial charge in [0, 0.05) is 18.2 Å². The second-order valence-electron chi connectivity index (χ2n) is 11.3. The molecule has 3 aliphatic carbocycles. The van der Waals surface area contributed by atoms with Crippen LogP contribution in [0.15, 0.2) is 102 Å². The first-order chi connectivity index (χ1) is 21.3. The molecule has 0 spiro atoms. The number of nitrogens with zero attached hydrogens (tertiary/aromatic N) is 3. The van der Waals surface area contributed by atoms with Crippen LogP contribution in [0, 0.1) is 28.9 Å². The number of aryl methyl sites for hydroxylation is 1. The Labute approximate surface area is 251 Å². The van der Waals surface area contributed by atoms with Crippen molar-refractivity contribution in [3.8, 4) is 0 Å². The highest BCUT2D eigenvalue weighted by molar-refractivity contribution is 6.25. The number of rotatable bonds is 6. The smallest absolute Gasteiger partial charge is 0.293 e. The Morgan fingerprint density at radius 3 is 2.20 bits per heavy atom. The summed E-state index contributed by atoms with van der Waals surface area (Å²) in [6.45, 7) is 1.70. The van der Waals surface area contributed by atoms with Crippen LogP contribution in [0.5, 0.6) is 0 Å². The number of hydrogen-bond donors (Lipinski definition) is 2. The first-order valence-electron chi connectivity index (χ1n) is 14.1. The van der Waals surface area contributed by atoms with E-state index in [9.17, 15) is 29.6 Å². The van der Waals surface area contributed by atoms with Gasteiger partial charge in [-0.2, -0.15) is 5.10 Å². The van der Waals surface area contributed by atoms with Gasteiger partial charge >= 0.3 is 0 Å². The normalized spacial score (nSPS) is 23.7. The number of nitro groups is 1. The molecule has 2 bridgehead atoms. The lowest BCUT2D eigenvalue weighted by atomic mass is 9.47. The van der Waals surface area contributed by atoms with Crippen LogP contribution in [-0.4, -0.2) is 34.0 Å². The molecule has 4 aliphatic rings. The van der Waals surface area contributed by atoms with Crippen molar-refractivity contribution in [1.29, 1.82) is 0 Å². The summed E-state index contributed by atoms with van der Waals surface area (Å²) in [6.07, 6.45) is -0.00140. The SMILES string of the molecule is Cc1ccc(N2C(=O)[C@@H]3C4c5ccccc5C(/C=N\NC(=O)[C@H](O)c5ccccc5)(c5ccccc54)[C@@H]3C2=O)c([N+](=O)[O-])c1. The molecule has 4 aromatic rings. The predicted molar refractivity (Wildman–Crippen MR) is 161 cm³/mol. The summed E-state index contributed by atoms with van der Waals surface area (Å²) in [7, 11) is 0. The zero-order chi connectivity index (χ0) is 30.7. The second-order valence-corrected chi connectivity index (χ2v) is 11.3. The molecule has 1 fully saturated rings. The van der Waals surface area contributed by atoms with E-state index in [1.54, 1.807) is 43.3 Å². The average molecular weight is 587 g/mol. The van der Waals surface area contributed by atoms with Gasteiger partial charge < -0.3 is 5.11 Å². The van der Waals surface area contributed by atoms with Crippen molar-refractivity contribution in [2.24, 2.45) is 16.9 Å². The van der Waals surface area contributed by atoms with Crippen molar-refractivity contribution in [2.75, 3.05) is 4.90 Å². The maximum Gasteiger partial charge on any atom is 0.293 e. The zero-order valence-electron chi connectivity index (χ0n) is 23.5. The monoisotopic (exact) mass is 586 g/mol. The maximum absolute atomic E-state index is 14.5. The molecule has 218 valence electrons. The summed E-state index contributed by atoms with van der Waals surface area (Å²) in [6, 6.07) is 27.9. The van der Waals surface area contributed by atoms with E-state index >= 15 is 0 Å². The molecule has 10 nitrogen and oxygen atoms in total. The van der Waals surface area contributed by atoms with Gasteiger partial charge in [-0.05, 0) is 46.4 Å². The van der Waals surface area contributed by atoms with E-state index < -0.39 is 51.9 Å². The number of nitrogens with one attached hydrogen (secondary N) is 1. The third-order valence-electron chi connectivity index (χ3n) is 9.06. The largest absolute Gasteiger partial charge is 0.378 e. The van der Waals surface area contributed by atoms with Gasteiger partial charge in [0.15, 0.2) is 6.10 Å². The minimum atomic E-state index is -1.48. The van der Waals surface area contributed by atoms with Gasteiger partial charge in [-0.3, -0.25) is 24.5 Å². The van der Waals surface area contributed by atoms with E-state index in [0.717, 1.165) is 27.2 Å². The van der Waals surface area contributed by atoms with Crippen LogP contribution in [0.4, 0.5) is 11.4 Å². The Balaban J connectivity index is 1.38. The summed E-state index contributed by atoms with van der Waals surface area (Å²) in [5.74, 6) is -4.21. The van der Waals surface area contributed by atoms with Gasteiger partial charge in [0.1, 0.15) is 5.69 Å². The van der Waals surface area contributed by atoms with Gasteiger partial charge in [-0.15, -0.1) is 0 Å². The fourth-order valence-corrected chi connectivity index (χ4v) is 7.30. The van der Waals surface area contributed by atoms with Crippen molar-refractivity contribution in [2.45, 2.75) is 24.4 Å². The molecule has 10 heteroatoms. The molecule has 8 rings (SSSR count). The molecule has 1 saturated heterocycles. The maximum atomic E-state index is 14.5. The minimum Gasteiger partial charge on any atom is -0.378 e. The van der Waals surface area contributed by atoms with Crippen LogP contribution >= 0.6 is 0 Å². The number of anilines is 1. The lowest BCUT2D eigenvalue weighted by molar-refractivity contribution is -0.384. The molecule has 1 heterocycles. The lowest BCUT2D eigenvalue weighted by Crippen LogP contribution is -2.54. The fraction of sp³-hybridized carbons (Fsp3) is 0.176. The number of hydrogen-bond acceptors (Lipinski definition) is 7. The first-order valence-corrected chi connectivity index (χ1v) is 14.1. The fourth-order valence-electron chi connectivity index (χ4n) is 7.30. The summed E-state index contributed by atoms with van der Waals surface area (Å²) < 4.78 is 0. The lowest BCUT2D eigenvalue weighted by Gasteiger charge is -2.52. The number of carbonyl (C=O) groups is 3. The average Bonchev–Trinajstić information content (AvgIpc) is 3.31. The number of imide groups is 1. The highest BCUT2D eigenvalue weighted by Gasteiger charge is 2.68. The summed E-state index contributed by atoms with van der Waals surface area (Å²) in [4.78, 5) is 54.2. The Morgan fingerprint density at radius 2 is 1.57 bits per heavy atom. The van der Waals surface area contributed by atoms with Gasteiger partial charge in [0.05, 0.1) is 22.2 Å². The number of amides is 3. The van der Waals surface area contributed by atoms with Crippen molar-refractivity contribution in [3.63, 3.8) is 0 Å². The molecule has 0 aromatic heterocycles. The summed E-state index contributed by atoms with van der Waals surface area (Å²) in [5, 5.41) is 27.0. The molecule has 2 N–H and O–H groups in total. The van der Waals surface area contributed by atoms with Gasteiger partial charge in [0.25, 0.3) is 11.6 Å². The van der Waals surface area contributed by atoms with Crippen LogP contribution in [0.1, 0.15) is 45.4 Å². The van der Waals surface area contributed by atoms with E-state index in [1.165, 1.54) is 18.3 Å². The number of carbonyl (C=O) groups excluding carboxylic acids is 3. The van der Waals surface area contributed by atoms with Crippen LogP contribution < -0.4 is 10.3 Å². The number of hydrazone groups is 1. The van der Waals surface area contributed by atoms with Crippen molar-refractivity contribution in [1.82, 2.24) is 5.43 Å². The Hall–Kier alpha value is -5.48. The number of aliphatic hydroxyl groups is 1. The molecule has 4 aromatic carbocycles. The molecular formula is C34H26N4O6. The Bertz CT molecular complexity index is 1860. The van der Waals surface area contributed by atoms with E-state index in [-0.39, 0.29) is 11.4 Å². The van der Waals surface area contributed by atoms with E-state index in [0.29, 0.717) is 11.1 Å². The van der Waals surface area contributed by atoms with Crippen molar-refractivity contribution in [3.05, 3.63) is 141 Å². The predicted octanol–water partition coefficient (Wildman–Crippen LogP) is 4.29. The molecular weight excluding hydrogens is 560 g/mol. The third kappa shape index (κ3) is 3.77. The summed E-state index contributed by atoms with van der Waals surface area (Å²) >= 11 is 0. The molecule has 3 amide bonds. The zero-order valence-corrected chi connectivity index (χ0v) is 23.5. The van der Waals surface area contributed by atoms with Crippen LogP contribution in [-0.2, 0) is 19.8 Å². The number of benzene rings is 4. The number of aliphatic hydroxyl groups excluding tert-OH is 1. The second kappa shape index (κ2) is 10.1. The summed E-state index contributed by atoms with van der Waals surface area (Å²) in [5.41, 5.74) is 4.93. The first kappa shape index (κ1) is 27.4. The molecule has 44 heavy (non-hydrogen) atoms. The van der Waals surface area contributed by atoms with Crippen LogP contribution in [0.2, 0.25) is 0 Å². The standard InChI is InChI=1S/C34H26N4O6/c1-19-15-16-25(26(17-19)38(43)44)37-32(41)28-27-21-11-5-7-13-23(21)34(29(28)33(37)42,24-14-8-6-12-22(24)27)18-35-36-31(40)30(39)20-9-3-2-4-10-20/h2-18,27-30,39H,1H3,(H,36,40)/b35-18-/t27?,28-,29+,30-,34?/m1/s1. The van der Waals surface area contributed by atoms with E-state index in [4.69, 9.17) is 0 Å². The van der Waals surface area contributed by atoms with E-state index in [2.05, 4.69) is 10.5 Å². The molecule has 0 unspecified atom stereocenters. The van der Waals surface area contributed by atoms with E-state index in [1.807, 2.05) is 48.5 Å². The highest BCUT2D eigenvalue weighted by Crippen LogP contribution is 2.64. The minimum absolute atomic E-state index is 0.0797. The molecule has 0 radical (unpaired) electrons. The van der Waals surface area contributed by atoms with Gasteiger partial charge in [0.2, 0.25) is 11.8 Å². The van der Waals surface area contributed by atoms with Gasteiger partial charge in [-0.25, -0.2) is 10.3 Å². The number of nitro benzene ring substituents is 1. The Morgan fingerprint density at radius 1 is 0.955 bits per heavy atom. The van der Waals surface area contributed by atoms with Crippen molar-refractivity contribution >= 4 is 35.3 Å². The molecule has 3 atom stereocenters. The van der Waals surface area contributed by atoms with Crippen molar-refractivity contribution < 1.29 is 24.4 Å². The van der Waals surface area contributed by atoms with Crippen LogP contribution in [0.3, 0.4) is 0 Å². The molecule has 1 aliphatic heterocycles.